The van der Waals surface area contributed by atoms with Gasteiger partial charge in [0.1, 0.15) is 0 Å². The molecule has 0 aliphatic rings. The number of esters is 1. The molecule has 0 amide bonds. The average molecular weight is 691 g/mol. The molecule has 0 rings (SSSR count). The third kappa shape index (κ3) is 44.7. The molecule has 0 radical (unpaired) electrons. The van der Waals surface area contributed by atoms with Crippen molar-refractivity contribution in [3.8, 4) is 0 Å². The molecule has 0 aliphatic carbocycles. The van der Waals surface area contributed by atoms with Gasteiger partial charge in [0, 0.05) is 12.8 Å². The first-order chi connectivity index (χ1) is 24.2. The number of ether oxygens (including phenoxy) is 1. The molecule has 0 spiro atoms. The highest BCUT2D eigenvalue weighted by atomic mass is 16.5. The minimum absolute atomic E-state index is 0.0133. The highest BCUT2D eigenvalue weighted by Crippen LogP contribution is 2.16. The van der Waals surface area contributed by atoms with Crippen molar-refractivity contribution in [2.24, 2.45) is 0 Å². The lowest BCUT2D eigenvalue weighted by Crippen LogP contribution is -2.05. The summed E-state index contributed by atoms with van der Waals surface area (Å²) in [5, 5.41) is 8.65. The molecule has 0 saturated carbocycles. The summed E-state index contributed by atoms with van der Waals surface area (Å²) in [6.45, 7) is 2.90. The van der Waals surface area contributed by atoms with Crippen molar-refractivity contribution in [3.05, 3.63) is 12.2 Å². The Morgan fingerprint density at radius 3 is 1.02 bits per heavy atom. The molecule has 0 aliphatic heterocycles. The first-order valence-electron chi connectivity index (χ1n) is 22.2. The number of carboxylic acids is 1. The lowest BCUT2D eigenvalue weighted by atomic mass is 10.0. The number of unbranched alkanes of at least 4 members (excludes halogenated alkanes) is 34. The Hall–Kier alpha value is -1.32. The summed E-state index contributed by atoms with van der Waals surface area (Å²) >= 11 is 0. The lowest BCUT2D eigenvalue weighted by molar-refractivity contribution is -0.144. The molecule has 49 heavy (non-hydrogen) atoms. The van der Waals surface area contributed by atoms with Gasteiger partial charge in [-0.3, -0.25) is 9.59 Å². The second-order valence-corrected chi connectivity index (χ2v) is 15.2. The van der Waals surface area contributed by atoms with Crippen molar-refractivity contribution in [2.75, 3.05) is 6.61 Å². The van der Waals surface area contributed by atoms with Crippen molar-refractivity contribution >= 4 is 11.9 Å². The minimum Gasteiger partial charge on any atom is -0.481 e. The van der Waals surface area contributed by atoms with E-state index >= 15 is 0 Å². The molecule has 4 heteroatoms. The number of carbonyl (C=O) groups is 2. The maximum absolute atomic E-state index is 12.0. The number of hydrogen-bond acceptors (Lipinski definition) is 3. The predicted molar refractivity (Wildman–Crippen MR) is 213 cm³/mol. The van der Waals surface area contributed by atoms with Crippen molar-refractivity contribution < 1.29 is 19.4 Å². The van der Waals surface area contributed by atoms with Crippen LogP contribution in [0.1, 0.15) is 257 Å². The van der Waals surface area contributed by atoms with E-state index in [9.17, 15) is 9.59 Å². The van der Waals surface area contributed by atoms with Gasteiger partial charge in [-0.2, -0.15) is 0 Å². The van der Waals surface area contributed by atoms with Crippen LogP contribution in [0.3, 0.4) is 0 Å². The van der Waals surface area contributed by atoms with Crippen molar-refractivity contribution in [1.82, 2.24) is 0 Å². The summed E-state index contributed by atoms with van der Waals surface area (Å²) in [6, 6.07) is 0. The van der Waals surface area contributed by atoms with E-state index < -0.39 is 5.97 Å². The van der Waals surface area contributed by atoms with Crippen LogP contribution in [0.15, 0.2) is 12.2 Å². The molecular weight excluding hydrogens is 604 g/mol. The highest BCUT2D eigenvalue weighted by Gasteiger charge is 2.03. The Labute approximate surface area is 306 Å². The smallest absolute Gasteiger partial charge is 0.305 e. The summed E-state index contributed by atoms with van der Waals surface area (Å²) in [5.74, 6) is -0.645. The molecule has 0 aromatic heterocycles. The van der Waals surface area contributed by atoms with E-state index in [1.165, 1.54) is 212 Å². The van der Waals surface area contributed by atoms with Crippen LogP contribution in [0.4, 0.5) is 0 Å². The van der Waals surface area contributed by atoms with Crippen LogP contribution in [0.25, 0.3) is 0 Å². The van der Waals surface area contributed by atoms with Gasteiger partial charge in [-0.1, -0.05) is 212 Å². The number of rotatable bonds is 42. The van der Waals surface area contributed by atoms with Crippen LogP contribution in [0.2, 0.25) is 0 Å². The summed E-state index contributed by atoms with van der Waals surface area (Å²) in [7, 11) is 0. The van der Waals surface area contributed by atoms with Crippen LogP contribution < -0.4 is 0 Å². The molecule has 0 atom stereocenters. The zero-order valence-corrected chi connectivity index (χ0v) is 33.1. The molecule has 1 N–H and O–H groups in total. The number of carboxylic acid groups (broad SMARTS) is 1. The molecule has 0 saturated heterocycles. The van der Waals surface area contributed by atoms with Crippen LogP contribution >= 0.6 is 0 Å². The normalized spacial score (nSPS) is 11.5. The fourth-order valence-electron chi connectivity index (χ4n) is 6.87. The van der Waals surface area contributed by atoms with Crippen molar-refractivity contribution in [3.63, 3.8) is 0 Å². The lowest BCUT2D eigenvalue weighted by Gasteiger charge is -2.06. The fraction of sp³-hybridized carbons (Fsp3) is 0.911. The molecular formula is C45H86O4. The molecule has 290 valence electrons. The standard InChI is InChI=1S/C45H86O4/c1-2-3-4-5-6-7-8-9-10-11-14-18-21-24-27-30-33-36-39-42-45(48)49-43-40-37-34-31-28-25-22-19-16-13-12-15-17-20-23-26-29-32-35-38-41-44(46)47/h9-10H,2-8,11-43H2,1H3,(H,46,47). The largest absolute Gasteiger partial charge is 0.481 e. The predicted octanol–water partition coefficient (Wildman–Crippen LogP) is 15.4. The quantitative estimate of drug-likeness (QED) is 0.0393. The molecule has 0 bridgehead atoms. The van der Waals surface area contributed by atoms with Crippen molar-refractivity contribution in [1.29, 1.82) is 0 Å². The first kappa shape index (κ1) is 47.7. The summed E-state index contributed by atoms with van der Waals surface area (Å²) in [6.07, 6.45) is 54.0. The second kappa shape index (κ2) is 42.8. The third-order valence-electron chi connectivity index (χ3n) is 10.2. The zero-order valence-electron chi connectivity index (χ0n) is 33.1. The van der Waals surface area contributed by atoms with Crippen molar-refractivity contribution in [2.45, 2.75) is 257 Å². The Morgan fingerprint density at radius 1 is 0.388 bits per heavy atom. The summed E-state index contributed by atoms with van der Waals surface area (Å²) in [4.78, 5) is 22.5. The van der Waals surface area contributed by atoms with Crippen LogP contribution in [0.5, 0.6) is 0 Å². The SMILES string of the molecule is CCCCCCCCC=CCCCCCCCCCCCC(=O)OCCCCCCCCCCCCCCCCCCCCCCC(=O)O. The minimum atomic E-state index is -0.659. The number of carbonyl (C=O) groups excluding carboxylic acids is 1. The van der Waals surface area contributed by atoms with Crippen LogP contribution in [0, 0.1) is 0 Å². The molecule has 0 heterocycles. The Kier molecular flexibility index (Phi) is 41.7. The van der Waals surface area contributed by atoms with E-state index in [4.69, 9.17) is 9.84 Å². The van der Waals surface area contributed by atoms with Gasteiger partial charge < -0.3 is 9.84 Å². The topological polar surface area (TPSA) is 63.6 Å². The third-order valence-corrected chi connectivity index (χ3v) is 10.2. The summed E-state index contributed by atoms with van der Waals surface area (Å²) in [5.41, 5.74) is 0. The average Bonchev–Trinajstić information content (AvgIpc) is 3.09. The van der Waals surface area contributed by atoms with Gasteiger partial charge in [-0.05, 0) is 44.9 Å². The van der Waals surface area contributed by atoms with Crippen LogP contribution in [-0.4, -0.2) is 23.7 Å². The number of hydrogen-bond donors (Lipinski definition) is 1. The zero-order chi connectivity index (χ0) is 35.6. The molecule has 0 fully saturated rings. The maximum atomic E-state index is 12.0. The Balaban J connectivity index is 3.17. The monoisotopic (exact) mass is 691 g/mol. The number of aliphatic carboxylic acids is 1. The molecule has 0 unspecified atom stereocenters. The van der Waals surface area contributed by atoms with Gasteiger partial charge in [0.05, 0.1) is 6.61 Å². The van der Waals surface area contributed by atoms with Gasteiger partial charge in [-0.15, -0.1) is 0 Å². The van der Waals surface area contributed by atoms with E-state index in [-0.39, 0.29) is 5.97 Å². The molecule has 0 aromatic rings. The van der Waals surface area contributed by atoms with Gasteiger partial charge in [0.15, 0.2) is 0 Å². The molecule has 4 nitrogen and oxygen atoms in total. The van der Waals surface area contributed by atoms with E-state index in [0.717, 1.165) is 25.7 Å². The molecule has 0 aromatic carbocycles. The maximum Gasteiger partial charge on any atom is 0.305 e. The van der Waals surface area contributed by atoms with E-state index in [1.54, 1.807) is 0 Å². The first-order valence-corrected chi connectivity index (χ1v) is 22.2. The van der Waals surface area contributed by atoms with E-state index in [0.29, 0.717) is 19.4 Å². The van der Waals surface area contributed by atoms with Crippen LogP contribution in [-0.2, 0) is 14.3 Å². The van der Waals surface area contributed by atoms with E-state index in [2.05, 4.69) is 19.1 Å². The van der Waals surface area contributed by atoms with Gasteiger partial charge in [-0.25, -0.2) is 0 Å². The Morgan fingerprint density at radius 2 is 0.673 bits per heavy atom. The van der Waals surface area contributed by atoms with Gasteiger partial charge in [0.25, 0.3) is 0 Å². The van der Waals surface area contributed by atoms with Gasteiger partial charge in [0.2, 0.25) is 0 Å². The second-order valence-electron chi connectivity index (χ2n) is 15.2. The summed E-state index contributed by atoms with van der Waals surface area (Å²) < 4.78 is 5.47. The van der Waals surface area contributed by atoms with Gasteiger partial charge >= 0.3 is 11.9 Å². The Bertz CT molecular complexity index is 688. The fourth-order valence-corrected chi connectivity index (χ4v) is 6.87. The highest BCUT2D eigenvalue weighted by molar-refractivity contribution is 5.69. The van der Waals surface area contributed by atoms with E-state index in [1.807, 2.05) is 0 Å². The number of allylic oxidation sites excluding steroid dienone is 2.